The lowest BCUT2D eigenvalue weighted by molar-refractivity contribution is 0.122. The van der Waals surface area contributed by atoms with Crippen molar-refractivity contribution < 1.29 is 14.2 Å². The summed E-state index contributed by atoms with van der Waals surface area (Å²) >= 11 is 0. The van der Waals surface area contributed by atoms with Crippen LogP contribution in [0.2, 0.25) is 0 Å². The van der Waals surface area contributed by atoms with Crippen LogP contribution in [0.15, 0.2) is 54.6 Å². The van der Waals surface area contributed by atoms with Crippen LogP contribution < -0.4 is 14.4 Å². The van der Waals surface area contributed by atoms with E-state index in [1.165, 1.54) is 5.69 Å². The van der Waals surface area contributed by atoms with Crippen LogP contribution in [0.3, 0.4) is 0 Å². The van der Waals surface area contributed by atoms with E-state index in [9.17, 15) is 0 Å². The topological polar surface area (TPSA) is 61.1 Å². The lowest BCUT2D eigenvalue weighted by Gasteiger charge is -2.28. The zero-order valence-electron chi connectivity index (χ0n) is 18.5. The highest BCUT2D eigenvalue weighted by Crippen LogP contribution is 2.33. The van der Waals surface area contributed by atoms with Crippen LogP contribution in [0.1, 0.15) is 5.69 Å². The van der Waals surface area contributed by atoms with Gasteiger partial charge < -0.3 is 19.1 Å². The van der Waals surface area contributed by atoms with Gasteiger partial charge in [0.1, 0.15) is 0 Å². The molecule has 4 aromatic rings. The van der Waals surface area contributed by atoms with E-state index in [4.69, 9.17) is 24.3 Å². The van der Waals surface area contributed by atoms with E-state index in [1.54, 1.807) is 14.2 Å². The van der Waals surface area contributed by atoms with Gasteiger partial charge in [-0.1, -0.05) is 12.1 Å². The number of methoxy groups -OCH3 is 2. The normalized spacial score (nSPS) is 14.0. The molecule has 1 fully saturated rings. The van der Waals surface area contributed by atoms with Crippen LogP contribution in [0, 0.1) is 6.92 Å². The van der Waals surface area contributed by atoms with Crippen LogP contribution in [0.5, 0.6) is 11.5 Å². The maximum Gasteiger partial charge on any atom is 0.161 e. The number of aryl methyl sites for hydroxylation is 1. The van der Waals surface area contributed by atoms with E-state index in [0.717, 1.165) is 60.2 Å². The van der Waals surface area contributed by atoms with E-state index in [2.05, 4.69) is 29.2 Å². The van der Waals surface area contributed by atoms with Gasteiger partial charge in [-0.25, -0.2) is 9.50 Å². The maximum atomic E-state index is 5.47. The van der Waals surface area contributed by atoms with Gasteiger partial charge in [-0.2, -0.15) is 5.10 Å². The minimum absolute atomic E-state index is 0.674. The Morgan fingerprint density at radius 2 is 1.56 bits per heavy atom. The molecule has 0 spiro atoms. The SMILES string of the molecule is COc1ccc(-c2ccc3nc(C)c(-c4ccc(N5CCOCC5)cc4)n3n2)cc1OC. The van der Waals surface area contributed by atoms with Crippen molar-refractivity contribution in [3.63, 3.8) is 0 Å². The predicted octanol–water partition coefficient (Wildman–Crippen LogP) is 4.23. The molecule has 2 aromatic carbocycles. The number of benzene rings is 2. The van der Waals surface area contributed by atoms with Crippen molar-refractivity contribution in [3.05, 3.63) is 60.3 Å². The number of imidazole rings is 1. The molecule has 0 unspecified atom stereocenters. The number of ether oxygens (including phenoxy) is 3. The van der Waals surface area contributed by atoms with Gasteiger partial charge in [0.25, 0.3) is 0 Å². The molecule has 7 nitrogen and oxygen atoms in total. The molecule has 32 heavy (non-hydrogen) atoms. The number of fused-ring (bicyclic) bond motifs is 1. The van der Waals surface area contributed by atoms with Gasteiger partial charge in [-0.15, -0.1) is 0 Å². The predicted molar refractivity (Wildman–Crippen MR) is 125 cm³/mol. The number of hydrogen-bond acceptors (Lipinski definition) is 6. The molecule has 0 radical (unpaired) electrons. The molecule has 0 bridgehead atoms. The Morgan fingerprint density at radius 1 is 0.844 bits per heavy atom. The number of nitrogens with zero attached hydrogens (tertiary/aromatic N) is 4. The zero-order valence-corrected chi connectivity index (χ0v) is 18.5. The summed E-state index contributed by atoms with van der Waals surface area (Å²) in [6, 6.07) is 18.4. The summed E-state index contributed by atoms with van der Waals surface area (Å²) in [5.41, 5.74) is 6.84. The number of morpholine rings is 1. The number of hydrogen-bond donors (Lipinski definition) is 0. The lowest BCUT2D eigenvalue weighted by atomic mass is 10.1. The number of rotatable bonds is 5. The van der Waals surface area contributed by atoms with Gasteiger partial charge in [0.15, 0.2) is 17.1 Å². The number of aromatic nitrogens is 3. The Bertz CT molecular complexity index is 1240. The van der Waals surface area contributed by atoms with Crippen molar-refractivity contribution >= 4 is 11.3 Å². The fraction of sp³-hybridized carbons (Fsp3) is 0.280. The molecule has 1 saturated heterocycles. The van der Waals surface area contributed by atoms with Gasteiger partial charge in [0, 0.05) is 29.9 Å². The van der Waals surface area contributed by atoms with E-state index in [0.29, 0.717) is 11.5 Å². The second-order valence-electron chi connectivity index (χ2n) is 7.75. The summed E-state index contributed by atoms with van der Waals surface area (Å²) in [6.07, 6.45) is 0. The fourth-order valence-corrected chi connectivity index (χ4v) is 4.18. The molecule has 0 aliphatic carbocycles. The van der Waals surface area contributed by atoms with E-state index in [-0.39, 0.29) is 0 Å². The van der Waals surface area contributed by atoms with Gasteiger partial charge in [-0.05, 0) is 49.4 Å². The Hall–Kier alpha value is -3.58. The molecule has 3 heterocycles. The van der Waals surface area contributed by atoms with E-state index >= 15 is 0 Å². The third-order valence-corrected chi connectivity index (χ3v) is 5.85. The standard InChI is InChI=1S/C25H26N4O3/c1-17-25(18-4-7-20(8-5-18)28-12-14-32-15-13-28)29-24(26-17)11-9-21(27-29)19-6-10-22(30-2)23(16-19)31-3/h4-11,16H,12-15H2,1-3H3. The van der Waals surface area contributed by atoms with Crippen LogP contribution in [0.25, 0.3) is 28.2 Å². The zero-order chi connectivity index (χ0) is 22.1. The van der Waals surface area contributed by atoms with Gasteiger partial charge in [-0.3, -0.25) is 0 Å². The van der Waals surface area contributed by atoms with E-state index < -0.39 is 0 Å². The first-order valence-electron chi connectivity index (χ1n) is 10.7. The Morgan fingerprint density at radius 3 is 2.28 bits per heavy atom. The molecule has 7 heteroatoms. The smallest absolute Gasteiger partial charge is 0.161 e. The quantitative estimate of drug-likeness (QED) is 0.472. The van der Waals surface area contributed by atoms with Crippen molar-refractivity contribution in [1.29, 1.82) is 0 Å². The minimum atomic E-state index is 0.674. The summed E-state index contributed by atoms with van der Waals surface area (Å²) < 4.78 is 18.2. The molecule has 0 N–H and O–H groups in total. The molecule has 2 aromatic heterocycles. The fourth-order valence-electron chi connectivity index (χ4n) is 4.18. The van der Waals surface area contributed by atoms with Crippen LogP contribution in [-0.4, -0.2) is 55.1 Å². The van der Waals surface area contributed by atoms with Crippen molar-refractivity contribution in [2.45, 2.75) is 6.92 Å². The van der Waals surface area contributed by atoms with Crippen molar-refractivity contribution in [3.8, 4) is 34.0 Å². The van der Waals surface area contributed by atoms with E-state index in [1.807, 2.05) is 41.8 Å². The second kappa shape index (κ2) is 8.51. The average Bonchev–Trinajstić information content (AvgIpc) is 3.19. The highest BCUT2D eigenvalue weighted by atomic mass is 16.5. The summed E-state index contributed by atoms with van der Waals surface area (Å²) in [6.45, 7) is 5.42. The average molecular weight is 431 g/mol. The summed E-state index contributed by atoms with van der Waals surface area (Å²) in [5, 5.41) is 4.92. The maximum absolute atomic E-state index is 5.47. The molecular weight excluding hydrogens is 404 g/mol. The molecule has 0 saturated carbocycles. The van der Waals surface area contributed by atoms with Crippen LogP contribution in [0.4, 0.5) is 5.69 Å². The Labute approximate surface area is 187 Å². The Kier molecular flexibility index (Phi) is 5.41. The first kappa shape index (κ1) is 20.3. The molecule has 164 valence electrons. The third-order valence-electron chi connectivity index (χ3n) is 5.85. The van der Waals surface area contributed by atoms with Gasteiger partial charge in [0.2, 0.25) is 0 Å². The van der Waals surface area contributed by atoms with Crippen LogP contribution in [-0.2, 0) is 4.74 Å². The monoisotopic (exact) mass is 430 g/mol. The van der Waals surface area contributed by atoms with Crippen molar-refractivity contribution in [1.82, 2.24) is 14.6 Å². The van der Waals surface area contributed by atoms with Crippen LogP contribution >= 0.6 is 0 Å². The highest BCUT2D eigenvalue weighted by molar-refractivity contribution is 5.71. The summed E-state index contributed by atoms with van der Waals surface area (Å²) in [7, 11) is 3.27. The van der Waals surface area contributed by atoms with Gasteiger partial charge >= 0.3 is 0 Å². The Balaban J connectivity index is 1.53. The summed E-state index contributed by atoms with van der Waals surface area (Å²) in [4.78, 5) is 7.08. The largest absolute Gasteiger partial charge is 0.493 e. The van der Waals surface area contributed by atoms with Gasteiger partial charge in [0.05, 0.1) is 44.5 Å². The molecule has 0 atom stereocenters. The molecule has 1 aliphatic rings. The third kappa shape index (κ3) is 3.65. The molecule has 5 rings (SSSR count). The molecule has 1 aliphatic heterocycles. The molecular formula is C25H26N4O3. The lowest BCUT2D eigenvalue weighted by Crippen LogP contribution is -2.36. The highest BCUT2D eigenvalue weighted by Gasteiger charge is 2.16. The number of anilines is 1. The van der Waals surface area contributed by atoms with Crippen molar-refractivity contribution in [2.24, 2.45) is 0 Å². The first-order valence-corrected chi connectivity index (χ1v) is 10.7. The second-order valence-corrected chi connectivity index (χ2v) is 7.75. The first-order chi connectivity index (χ1) is 15.7. The molecule has 0 amide bonds. The minimum Gasteiger partial charge on any atom is -0.493 e. The summed E-state index contributed by atoms with van der Waals surface area (Å²) in [5.74, 6) is 1.37. The van der Waals surface area contributed by atoms with Crippen molar-refractivity contribution in [2.75, 3.05) is 45.4 Å².